The third-order valence-electron chi connectivity index (χ3n) is 3.09. The van der Waals surface area contributed by atoms with E-state index in [1.165, 1.54) is 0 Å². The summed E-state index contributed by atoms with van der Waals surface area (Å²) in [6, 6.07) is 0. The van der Waals surface area contributed by atoms with Gasteiger partial charge in [-0.15, -0.1) is 0 Å². The molecule has 1 aliphatic rings. The number of alkyl halides is 12. The molecule has 0 aromatic heterocycles. The Morgan fingerprint density at radius 1 is 0.364 bits per heavy atom. The van der Waals surface area contributed by atoms with Gasteiger partial charge in [0.25, 0.3) is 0 Å². The van der Waals surface area contributed by atoms with Crippen LogP contribution in [0.25, 0.3) is 0 Å². The first-order valence-electron chi connectivity index (χ1n) is 5.09. The zero-order chi connectivity index (χ0) is 17.8. The summed E-state index contributed by atoms with van der Waals surface area (Å²) in [5.41, 5.74) is -3.83. The lowest BCUT2D eigenvalue weighted by atomic mass is 11.1. The summed E-state index contributed by atoms with van der Waals surface area (Å²) in [4.78, 5) is 0. The maximum Gasteiger partial charge on any atom is 0.379 e. The van der Waals surface area contributed by atoms with Gasteiger partial charge in [-0.05, 0) is 0 Å². The molecule has 1 heterocycles. The van der Waals surface area contributed by atoms with Crippen molar-refractivity contribution in [2.75, 3.05) is 0 Å². The molecule has 0 saturated heterocycles. The summed E-state index contributed by atoms with van der Waals surface area (Å²) in [5.74, 6) is -24.0. The van der Waals surface area contributed by atoms with Gasteiger partial charge in [-0.25, -0.2) is 0 Å². The molecule has 0 spiro atoms. The zero-order valence-electron chi connectivity index (χ0n) is 9.84. The quantitative estimate of drug-likeness (QED) is 0.424. The molecule has 0 fully saturated rings. The number of halogens is 12. The molecule has 0 aromatic carbocycles. The molecule has 14 heteroatoms. The van der Waals surface area contributed by atoms with Gasteiger partial charge in [0.1, 0.15) is 0 Å². The van der Waals surface area contributed by atoms with Gasteiger partial charge >= 0.3 is 39.3 Å². The van der Waals surface area contributed by atoms with Gasteiger partial charge in [-0.3, -0.25) is 0 Å². The zero-order valence-corrected chi connectivity index (χ0v) is 11.8. The lowest BCUT2D eigenvalue weighted by Crippen LogP contribution is -2.67. The van der Waals surface area contributed by atoms with Crippen LogP contribution in [0.1, 0.15) is 0 Å². The van der Waals surface area contributed by atoms with Crippen LogP contribution < -0.4 is 0 Å². The van der Waals surface area contributed by atoms with E-state index in [1.807, 2.05) is 0 Å². The maximum absolute atomic E-state index is 12.6. The minimum absolute atomic E-state index is 0.958. The van der Waals surface area contributed by atoms with Gasteiger partial charge in [0.05, 0.1) is 0 Å². The molecular formula is C8H4F12Si2. The highest BCUT2D eigenvalue weighted by molar-refractivity contribution is 7.01. The number of hydrogen-bond donors (Lipinski definition) is 0. The van der Waals surface area contributed by atoms with E-state index in [2.05, 4.69) is 0 Å². The average Bonchev–Trinajstić information content (AvgIpc) is 2.22. The topological polar surface area (TPSA) is 0 Å². The molecule has 0 aromatic rings. The third-order valence-corrected chi connectivity index (χ3v) is 10.3. The van der Waals surface area contributed by atoms with E-state index in [-0.39, 0.29) is 0 Å². The number of hydrogen-bond acceptors (Lipinski definition) is 0. The van der Waals surface area contributed by atoms with Gasteiger partial charge in [0.2, 0.25) is 0 Å². The smallest absolute Gasteiger partial charge is 0.175 e. The van der Waals surface area contributed by atoms with Gasteiger partial charge < -0.3 is 0 Å². The van der Waals surface area contributed by atoms with Crippen LogP contribution in [-0.2, 0) is 0 Å². The fraction of sp³-hybridized carbons (Fsp3) is 0.500. The van der Waals surface area contributed by atoms with Crippen LogP contribution in [-0.4, -0.2) is 39.3 Å². The van der Waals surface area contributed by atoms with Crippen molar-refractivity contribution in [3.63, 3.8) is 0 Å². The Balaban J connectivity index is 3.57. The minimum Gasteiger partial charge on any atom is -0.175 e. The van der Waals surface area contributed by atoms with Gasteiger partial charge in [-0.1, -0.05) is 22.8 Å². The second kappa shape index (κ2) is 4.78. The predicted octanol–water partition coefficient (Wildman–Crippen LogP) is 4.57. The van der Waals surface area contributed by atoms with Gasteiger partial charge in [0, 0.05) is 0 Å². The molecule has 22 heavy (non-hydrogen) atoms. The molecule has 0 amide bonds. The Bertz CT molecular complexity index is 397. The first kappa shape index (κ1) is 19.1. The van der Waals surface area contributed by atoms with E-state index in [9.17, 15) is 52.7 Å². The fourth-order valence-electron chi connectivity index (χ4n) is 1.71. The largest absolute Gasteiger partial charge is 0.379 e. The summed E-state index contributed by atoms with van der Waals surface area (Å²) < 4.78 is 152. The maximum atomic E-state index is 12.6. The van der Waals surface area contributed by atoms with Crippen LogP contribution in [0.5, 0.6) is 0 Å². The van der Waals surface area contributed by atoms with Gasteiger partial charge in [-0.2, -0.15) is 52.7 Å². The highest BCUT2D eigenvalue weighted by Gasteiger charge is 2.77. The first-order chi connectivity index (χ1) is 9.41. The lowest BCUT2D eigenvalue weighted by Gasteiger charge is -2.37. The summed E-state index contributed by atoms with van der Waals surface area (Å²) in [5, 5.41) is 0. The summed E-state index contributed by atoms with van der Waals surface area (Å²) in [6.45, 7) is 0. The molecule has 0 nitrogen and oxygen atoms in total. The Labute approximate surface area is 116 Å². The molecule has 0 unspecified atom stereocenters. The molecule has 0 radical (unpaired) electrons. The highest BCUT2D eigenvalue weighted by Crippen LogP contribution is 2.50. The van der Waals surface area contributed by atoms with Crippen LogP contribution in [0, 0.1) is 0 Å². The van der Waals surface area contributed by atoms with E-state index in [0.717, 1.165) is 0 Å². The molecule has 1 rings (SSSR count). The van der Waals surface area contributed by atoms with Crippen LogP contribution >= 0.6 is 0 Å². The summed E-state index contributed by atoms with van der Waals surface area (Å²) >= 11 is 0. The van der Waals surface area contributed by atoms with Crippen LogP contribution in [0.4, 0.5) is 52.7 Å². The van der Waals surface area contributed by atoms with E-state index in [4.69, 9.17) is 0 Å². The number of rotatable bonds is 0. The lowest BCUT2D eigenvalue weighted by molar-refractivity contribution is -0.112. The molecule has 0 aliphatic carbocycles. The second-order valence-corrected chi connectivity index (χ2v) is 11.5. The molecule has 0 N–H and O–H groups in total. The molecule has 1 aliphatic heterocycles. The monoisotopic (exact) mass is 384 g/mol. The Morgan fingerprint density at radius 3 is 0.591 bits per heavy atom. The SMILES string of the molecule is FC(F)(F)[Si]1(C(F)(F)F)C=C[Si](C(F)(F)F)(C(F)(F)F)C=C1. The van der Waals surface area contributed by atoms with Crippen molar-refractivity contribution in [2.24, 2.45) is 0 Å². The molecule has 0 saturated carbocycles. The van der Waals surface area contributed by atoms with Crippen molar-refractivity contribution in [1.29, 1.82) is 0 Å². The summed E-state index contributed by atoms with van der Waals surface area (Å²) in [7, 11) is -13.3. The van der Waals surface area contributed by atoms with Crippen LogP contribution in [0.15, 0.2) is 22.8 Å². The molecule has 0 atom stereocenters. The average molecular weight is 384 g/mol. The van der Waals surface area contributed by atoms with E-state index in [0.29, 0.717) is 0 Å². The molecule has 0 bridgehead atoms. The first-order valence-corrected chi connectivity index (χ1v) is 9.40. The Hall–Kier alpha value is -0.926. The van der Waals surface area contributed by atoms with Crippen molar-refractivity contribution in [3.8, 4) is 0 Å². The van der Waals surface area contributed by atoms with Crippen molar-refractivity contribution in [1.82, 2.24) is 0 Å². The molecule has 128 valence electrons. The summed E-state index contributed by atoms with van der Waals surface area (Å²) in [6.07, 6.45) is 0. The fourth-order valence-corrected chi connectivity index (χ4v) is 8.30. The van der Waals surface area contributed by atoms with Crippen LogP contribution in [0.3, 0.4) is 0 Å². The van der Waals surface area contributed by atoms with Crippen molar-refractivity contribution >= 4 is 16.1 Å². The van der Waals surface area contributed by atoms with Crippen LogP contribution in [0.2, 0.25) is 0 Å². The predicted molar refractivity (Wildman–Crippen MR) is 54.0 cm³/mol. The standard InChI is InChI=1S/C8H4F12Si2/c9-5(10,11)21(6(12,13)14)1-2-22(4-3-21,7(15,16)17)8(18,19)20/h1-4H. The van der Waals surface area contributed by atoms with E-state index >= 15 is 0 Å². The Kier molecular flexibility index (Phi) is 4.16. The Morgan fingerprint density at radius 2 is 0.500 bits per heavy atom. The van der Waals surface area contributed by atoms with E-state index < -0.39 is 62.1 Å². The highest BCUT2D eigenvalue weighted by atomic mass is 28.3. The van der Waals surface area contributed by atoms with Crippen molar-refractivity contribution in [2.45, 2.75) is 23.2 Å². The van der Waals surface area contributed by atoms with Gasteiger partial charge in [0.15, 0.2) is 0 Å². The normalized spacial score (nSPS) is 22.0. The minimum atomic E-state index is -6.66. The van der Waals surface area contributed by atoms with Crippen molar-refractivity contribution in [3.05, 3.63) is 22.8 Å². The second-order valence-electron chi connectivity index (χ2n) is 4.40. The van der Waals surface area contributed by atoms with E-state index in [1.54, 1.807) is 0 Å². The molecular weight excluding hydrogens is 380 g/mol. The van der Waals surface area contributed by atoms with Crippen molar-refractivity contribution < 1.29 is 52.7 Å². The third kappa shape index (κ3) is 2.59.